The van der Waals surface area contributed by atoms with Gasteiger partial charge in [0, 0.05) is 30.2 Å². The van der Waals surface area contributed by atoms with Gasteiger partial charge < -0.3 is 14.6 Å². The number of aliphatic hydroxyl groups is 1. The third kappa shape index (κ3) is 4.17. The monoisotopic (exact) mass is 268 g/mol. The Morgan fingerprint density at radius 3 is 2.58 bits per heavy atom. The molecule has 0 saturated heterocycles. The number of carbonyl (C=O) groups excluding carboxylic acids is 1. The molecular weight excluding hydrogens is 248 g/mol. The number of hydrogen-bond acceptors (Lipinski definition) is 6. The second kappa shape index (κ2) is 7.04. The SMILES string of the molecule is COC(=O)COc1nc(C(C)C)nc(C)c1CCO. The van der Waals surface area contributed by atoms with Gasteiger partial charge in [0.1, 0.15) is 5.82 Å². The van der Waals surface area contributed by atoms with Crippen LogP contribution < -0.4 is 4.74 Å². The van der Waals surface area contributed by atoms with Crippen LogP contribution in [0, 0.1) is 6.92 Å². The molecule has 19 heavy (non-hydrogen) atoms. The summed E-state index contributed by atoms with van der Waals surface area (Å²) in [6.07, 6.45) is 0.390. The second-order valence-corrected chi connectivity index (χ2v) is 4.44. The Morgan fingerprint density at radius 1 is 1.37 bits per heavy atom. The van der Waals surface area contributed by atoms with E-state index in [1.54, 1.807) is 0 Å². The number of aromatic nitrogens is 2. The second-order valence-electron chi connectivity index (χ2n) is 4.44. The molecule has 0 saturated carbocycles. The van der Waals surface area contributed by atoms with E-state index in [4.69, 9.17) is 9.84 Å². The van der Waals surface area contributed by atoms with Gasteiger partial charge in [0.25, 0.3) is 0 Å². The lowest BCUT2D eigenvalue weighted by Gasteiger charge is -2.14. The van der Waals surface area contributed by atoms with Crippen molar-refractivity contribution in [3.05, 3.63) is 17.1 Å². The average Bonchev–Trinajstić information content (AvgIpc) is 2.38. The lowest BCUT2D eigenvalue weighted by Crippen LogP contribution is -2.16. The highest BCUT2D eigenvalue weighted by atomic mass is 16.6. The van der Waals surface area contributed by atoms with E-state index in [-0.39, 0.29) is 19.1 Å². The maximum atomic E-state index is 11.1. The van der Waals surface area contributed by atoms with Crippen molar-refractivity contribution >= 4 is 5.97 Å². The van der Waals surface area contributed by atoms with Crippen LogP contribution in [0.1, 0.15) is 36.8 Å². The van der Waals surface area contributed by atoms with Crippen LogP contribution >= 0.6 is 0 Å². The zero-order valence-corrected chi connectivity index (χ0v) is 11.8. The minimum Gasteiger partial charge on any atom is -0.466 e. The number of aliphatic hydroxyl groups excluding tert-OH is 1. The van der Waals surface area contributed by atoms with Crippen LogP contribution in [0.4, 0.5) is 0 Å². The summed E-state index contributed by atoms with van der Waals surface area (Å²) in [7, 11) is 1.30. The summed E-state index contributed by atoms with van der Waals surface area (Å²) >= 11 is 0. The highest BCUT2D eigenvalue weighted by Crippen LogP contribution is 2.22. The maximum Gasteiger partial charge on any atom is 0.343 e. The van der Waals surface area contributed by atoms with E-state index < -0.39 is 5.97 Å². The molecule has 0 atom stereocenters. The molecule has 0 bridgehead atoms. The predicted octanol–water partition coefficient (Wildman–Crippen LogP) is 0.995. The molecule has 0 fully saturated rings. The van der Waals surface area contributed by atoms with Gasteiger partial charge in [-0.05, 0) is 6.92 Å². The standard InChI is InChI=1S/C13H20N2O4/c1-8(2)12-14-9(3)10(5-6-16)13(15-12)19-7-11(17)18-4/h8,16H,5-7H2,1-4H3. The van der Waals surface area contributed by atoms with Crippen molar-refractivity contribution in [1.82, 2.24) is 9.97 Å². The molecule has 106 valence electrons. The lowest BCUT2D eigenvalue weighted by atomic mass is 10.1. The topological polar surface area (TPSA) is 81.5 Å². The Labute approximate surface area is 112 Å². The Bertz CT molecular complexity index is 447. The first kappa shape index (κ1) is 15.4. The molecule has 0 radical (unpaired) electrons. The zero-order chi connectivity index (χ0) is 14.4. The molecule has 1 aromatic rings. The Balaban J connectivity index is 3.05. The van der Waals surface area contributed by atoms with Gasteiger partial charge in [0.05, 0.1) is 7.11 Å². The summed E-state index contributed by atoms with van der Waals surface area (Å²) in [5, 5.41) is 9.07. The normalized spacial score (nSPS) is 10.6. The highest BCUT2D eigenvalue weighted by molar-refractivity contribution is 5.70. The molecular formula is C13H20N2O4. The smallest absolute Gasteiger partial charge is 0.343 e. The van der Waals surface area contributed by atoms with Crippen molar-refractivity contribution < 1.29 is 19.4 Å². The van der Waals surface area contributed by atoms with Crippen molar-refractivity contribution in [2.24, 2.45) is 0 Å². The molecule has 0 aliphatic rings. The van der Waals surface area contributed by atoms with E-state index in [1.165, 1.54) is 7.11 Å². The number of methoxy groups -OCH3 is 1. The fourth-order valence-electron chi connectivity index (χ4n) is 1.55. The van der Waals surface area contributed by atoms with Crippen LogP contribution in [0.2, 0.25) is 0 Å². The number of ether oxygens (including phenoxy) is 2. The van der Waals surface area contributed by atoms with E-state index in [2.05, 4.69) is 14.7 Å². The van der Waals surface area contributed by atoms with E-state index in [0.29, 0.717) is 18.1 Å². The number of hydrogen-bond donors (Lipinski definition) is 1. The van der Waals surface area contributed by atoms with Crippen LogP contribution in [0.3, 0.4) is 0 Å². The number of rotatable bonds is 6. The van der Waals surface area contributed by atoms with Gasteiger partial charge in [-0.1, -0.05) is 13.8 Å². The first-order chi connectivity index (χ1) is 8.99. The van der Waals surface area contributed by atoms with Gasteiger partial charge >= 0.3 is 5.97 Å². The van der Waals surface area contributed by atoms with Gasteiger partial charge in [-0.25, -0.2) is 9.78 Å². The molecule has 6 heteroatoms. The first-order valence-electron chi connectivity index (χ1n) is 6.17. The molecule has 0 aromatic carbocycles. The molecule has 0 amide bonds. The summed E-state index contributed by atoms with van der Waals surface area (Å²) in [4.78, 5) is 19.8. The number of carbonyl (C=O) groups is 1. The zero-order valence-electron chi connectivity index (χ0n) is 11.8. The third-order valence-corrected chi connectivity index (χ3v) is 2.63. The molecule has 1 N–H and O–H groups in total. The van der Waals surface area contributed by atoms with E-state index >= 15 is 0 Å². The molecule has 1 aromatic heterocycles. The lowest BCUT2D eigenvalue weighted by molar-refractivity contribution is -0.143. The van der Waals surface area contributed by atoms with Gasteiger partial charge in [0.15, 0.2) is 6.61 Å². The van der Waals surface area contributed by atoms with Crippen LogP contribution in [0.5, 0.6) is 5.88 Å². The van der Waals surface area contributed by atoms with Crippen molar-refractivity contribution in [1.29, 1.82) is 0 Å². The average molecular weight is 268 g/mol. The fourth-order valence-corrected chi connectivity index (χ4v) is 1.55. The third-order valence-electron chi connectivity index (χ3n) is 2.63. The van der Waals surface area contributed by atoms with E-state index in [1.807, 2.05) is 20.8 Å². The molecule has 6 nitrogen and oxygen atoms in total. The summed E-state index contributed by atoms with van der Waals surface area (Å²) < 4.78 is 9.90. The summed E-state index contributed by atoms with van der Waals surface area (Å²) in [6.45, 7) is 5.56. The van der Waals surface area contributed by atoms with E-state index in [0.717, 1.165) is 11.3 Å². The van der Waals surface area contributed by atoms with Crippen molar-refractivity contribution in [2.45, 2.75) is 33.1 Å². The predicted molar refractivity (Wildman–Crippen MR) is 69.2 cm³/mol. The number of nitrogens with zero attached hydrogens (tertiary/aromatic N) is 2. The molecule has 0 spiro atoms. The molecule has 1 rings (SSSR count). The van der Waals surface area contributed by atoms with Crippen molar-refractivity contribution in [2.75, 3.05) is 20.3 Å². The largest absolute Gasteiger partial charge is 0.466 e. The van der Waals surface area contributed by atoms with Crippen LogP contribution in [0.25, 0.3) is 0 Å². The quantitative estimate of drug-likeness (QED) is 0.775. The van der Waals surface area contributed by atoms with Gasteiger partial charge in [0.2, 0.25) is 5.88 Å². The Kier molecular flexibility index (Phi) is 5.69. The van der Waals surface area contributed by atoms with Crippen LogP contribution in [-0.2, 0) is 16.0 Å². The minimum absolute atomic E-state index is 0.0280. The molecule has 0 unspecified atom stereocenters. The Hall–Kier alpha value is -1.69. The molecule has 0 aliphatic carbocycles. The fraction of sp³-hybridized carbons (Fsp3) is 0.615. The van der Waals surface area contributed by atoms with Gasteiger partial charge in [-0.3, -0.25) is 0 Å². The summed E-state index contributed by atoms with van der Waals surface area (Å²) in [6, 6.07) is 0. The summed E-state index contributed by atoms with van der Waals surface area (Å²) in [5.74, 6) is 0.675. The summed E-state index contributed by atoms with van der Waals surface area (Å²) in [5.41, 5.74) is 1.48. The maximum absolute atomic E-state index is 11.1. The van der Waals surface area contributed by atoms with Crippen LogP contribution in [0.15, 0.2) is 0 Å². The Morgan fingerprint density at radius 2 is 2.05 bits per heavy atom. The molecule has 0 aliphatic heterocycles. The van der Waals surface area contributed by atoms with Crippen molar-refractivity contribution in [3.8, 4) is 5.88 Å². The van der Waals surface area contributed by atoms with Crippen LogP contribution in [-0.4, -0.2) is 41.4 Å². The number of esters is 1. The van der Waals surface area contributed by atoms with Crippen molar-refractivity contribution in [3.63, 3.8) is 0 Å². The first-order valence-corrected chi connectivity index (χ1v) is 6.17. The van der Waals surface area contributed by atoms with E-state index in [9.17, 15) is 4.79 Å². The highest BCUT2D eigenvalue weighted by Gasteiger charge is 2.15. The minimum atomic E-state index is -0.475. The van der Waals surface area contributed by atoms with Gasteiger partial charge in [-0.2, -0.15) is 4.98 Å². The van der Waals surface area contributed by atoms with Gasteiger partial charge in [-0.15, -0.1) is 0 Å². The molecule has 1 heterocycles. The number of aryl methyl sites for hydroxylation is 1.